The van der Waals surface area contributed by atoms with Crippen LogP contribution in [-0.2, 0) is 26.4 Å². The summed E-state index contributed by atoms with van der Waals surface area (Å²) >= 11 is 0. The van der Waals surface area contributed by atoms with Crippen LogP contribution in [0.1, 0.15) is 62.9 Å². The maximum absolute atomic E-state index is 4.90. The highest BCUT2D eigenvalue weighted by molar-refractivity contribution is 5.35. The van der Waals surface area contributed by atoms with Crippen molar-refractivity contribution in [1.82, 2.24) is 9.55 Å². The quantitative estimate of drug-likeness (QED) is 0.618. The van der Waals surface area contributed by atoms with E-state index in [0.29, 0.717) is 0 Å². The molecule has 0 saturated carbocycles. The molecule has 2 rings (SSSR count). The fraction of sp³-hybridized carbons (Fsp3) is 0.550. The van der Waals surface area contributed by atoms with E-state index in [1.165, 1.54) is 49.1 Å². The minimum Gasteiger partial charge on any atom is -0.352 e. The topological polar surface area (TPSA) is 29.9 Å². The summed E-state index contributed by atoms with van der Waals surface area (Å²) in [5.74, 6) is 1.01. The number of hydrogen-bond acceptors (Lipinski definition) is 2. The van der Waals surface area contributed by atoms with Gasteiger partial charge in [0.15, 0.2) is 0 Å². The summed E-state index contributed by atoms with van der Waals surface area (Å²) < 4.78 is 2.26. The second-order valence-corrected chi connectivity index (χ2v) is 6.29. The first kappa shape index (κ1) is 17.6. The van der Waals surface area contributed by atoms with Crippen LogP contribution in [0, 0.1) is 0 Å². The number of benzene rings is 1. The van der Waals surface area contributed by atoms with E-state index in [-0.39, 0.29) is 0 Å². The molecule has 3 heteroatoms. The van der Waals surface area contributed by atoms with Crippen LogP contribution in [0.2, 0.25) is 0 Å². The van der Waals surface area contributed by atoms with Crippen LogP contribution in [0.25, 0.3) is 0 Å². The second kappa shape index (κ2) is 9.39. The van der Waals surface area contributed by atoms with Crippen LogP contribution in [0.4, 0.5) is 5.95 Å². The van der Waals surface area contributed by atoms with Crippen molar-refractivity contribution in [3.8, 4) is 0 Å². The average Bonchev–Trinajstić information content (AvgIpc) is 2.88. The summed E-state index contributed by atoms with van der Waals surface area (Å²) in [5, 5.41) is 3.51. The summed E-state index contributed by atoms with van der Waals surface area (Å²) in [5.41, 5.74) is 4.00. The van der Waals surface area contributed by atoms with Gasteiger partial charge in [-0.1, -0.05) is 63.4 Å². The lowest BCUT2D eigenvalue weighted by molar-refractivity contribution is 0.686. The molecule has 0 atom stereocenters. The Morgan fingerprint density at radius 2 is 1.70 bits per heavy atom. The molecule has 0 radical (unpaired) electrons. The normalized spacial score (nSPS) is 10.9. The third-order valence-corrected chi connectivity index (χ3v) is 4.37. The van der Waals surface area contributed by atoms with Gasteiger partial charge in [-0.15, -0.1) is 0 Å². The van der Waals surface area contributed by atoms with E-state index < -0.39 is 0 Å². The van der Waals surface area contributed by atoms with Crippen molar-refractivity contribution in [3.63, 3.8) is 0 Å². The summed E-state index contributed by atoms with van der Waals surface area (Å²) in [4.78, 5) is 4.90. The minimum atomic E-state index is 0.827. The lowest BCUT2D eigenvalue weighted by Gasteiger charge is -2.08. The van der Waals surface area contributed by atoms with Crippen LogP contribution < -0.4 is 5.32 Å². The summed E-state index contributed by atoms with van der Waals surface area (Å²) in [6.45, 7) is 5.33. The van der Waals surface area contributed by atoms with Gasteiger partial charge in [-0.05, 0) is 31.2 Å². The molecule has 1 aromatic carbocycles. The van der Waals surface area contributed by atoms with Crippen molar-refractivity contribution in [3.05, 3.63) is 47.3 Å². The molecule has 0 amide bonds. The van der Waals surface area contributed by atoms with Crippen LogP contribution in [0.5, 0.6) is 0 Å². The average molecular weight is 313 g/mol. The van der Waals surface area contributed by atoms with E-state index in [2.05, 4.69) is 61.1 Å². The van der Waals surface area contributed by atoms with Gasteiger partial charge in [0.25, 0.3) is 0 Å². The number of nitrogens with one attached hydrogen (secondary N) is 1. The van der Waals surface area contributed by atoms with Gasteiger partial charge in [0, 0.05) is 19.3 Å². The molecule has 1 N–H and O–H groups in total. The molecule has 1 heterocycles. The first-order valence-corrected chi connectivity index (χ1v) is 9.08. The lowest BCUT2D eigenvalue weighted by Crippen LogP contribution is -2.06. The van der Waals surface area contributed by atoms with Gasteiger partial charge < -0.3 is 9.88 Å². The molecule has 0 aliphatic heterocycles. The van der Waals surface area contributed by atoms with Gasteiger partial charge in [-0.25, -0.2) is 4.98 Å². The molecule has 0 aliphatic carbocycles. The third kappa shape index (κ3) is 5.12. The lowest BCUT2D eigenvalue weighted by atomic mass is 10.1. The molecule has 126 valence electrons. The van der Waals surface area contributed by atoms with Crippen LogP contribution in [0.15, 0.2) is 30.3 Å². The largest absolute Gasteiger partial charge is 0.352 e. The highest BCUT2D eigenvalue weighted by Crippen LogP contribution is 2.20. The smallest absolute Gasteiger partial charge is 0.203 e. The van der Waals surface area contributed by atoms with Gasteiger partial charge in [0.05, 0.1) is 5.69 Å². The van der Waals surface area contributed by atoms with Crippen molar-refractivity contribution in [2.75, 3.05) is 5.32 Å². The highest BCUT2D eigenvalue weighted by atomic mass is 15.2. The Bertz CT molecular complexity index is 572. The van der Waals surface area contributed by atoms with E-state index in [4.69, 9.17) is 4.98 Å². The third-order valence-electron chi connectivity index (χ3n) is 4.37. The van der Waals surface area contributed by atoms with Crippen molar-refractivity contribution in [2.45, 2.75) is 65.3 Å². The molecular formula is C20H31N3. The van der Waals surface area contributed by atoms with Gasteiger partial charge in [0.2, 0.25) is 5.95 Å². The van der Waals surface area contributed by atoms with Crippen molar-refractivity contribution in [1.29, 1.82) is 0 Å². The van der Waals surface area contributed by atoms with Crippen molar-refractivity contribution < 1.29 is 0 Å². The van der Waals surface area contributed by atoms with Crippen LogP contribution in [-0.4, -0.2) is 9.55 Å². The Hall–Kier alpha value is -1.77. The van der Waals surface area contributed by atoms with Crippen molar-refractivity contribution in [2.24, 2.45) is 7.05 Å². The Balaban J connectivity index is 2.08. The maximum Gasteiger partial charge on any atom is 0.203 e. The first-order chi connectivity index (χ1) is 11.3. The van der Waals surface area contributed by atoms with Crippen LogP contribution >= 0.6 is 0 Å². The molecule has 0 fully saturated rings. The molecule has 1 aromatic heterocycles. The van der Waals surface area contributed by atoms with Crippen LogP contribution in [0.3, 0.4) is 0 Å². The zero-order valence-electron chi connectivity index (χ0n) is 14.9. The van der Waals surface area contributed by atoms with E-state index in [0.717, 1.165) is 25.3 Å². The fourth-order valence-corrected chi connectivity index (χ4v) is 2.92. The fourth-order valence-electron chi connectivity index (χ4n) is 2.92. The number of anilines is 1. The van der Waals surface area contributed by atoms with Gasteiger partial charge in [-0.2, -0.15) is 0 Å². The Morgan fingerprint density at radius 1 is 0.957 bits per heavy atom. The second-order valence-electron chi connectivity index (χ2n) is 6.29. The summed E-state index contributed by atoms with van der Waals surface area (Å²) in [6, 6.07) is 10.5. The van der Waals surface area contributed by atoms with Gasteiger partial charge in [0.1, 0.15) is 0 Å². The molecule has 23 heavy (non-hydrogen) atoms. The van der Waals surface area contributed by atoms with Gasteiger partial charge in [-0.3, -0.25) is 0 Å². The molecule has 0 unspecified atom stereocenters. The van der Waals surface area contributed by atoms with Crippen molar-refractivity contribution >= 4 is 5.95 Å². The standard InChI is InChI=1S/C20H31N3/c1-4-6-9-14-18-19(15-7-5-2)23(3)20(22-18)21-16-17-12-10-8-11-13-17/h8,10-13H,4-7,9,14-16H2,1-3H3,(H,21,22). The zero-order chi connectivity index (χ0) is 16.5. The molecule has 3 nitrogen and oxygen atoms in total. The number of nitrogens with zero attached hydrogens (tertiary/aromatic N) is 2. The predicted molar refractivity (Wildman–Crippen MR) is 98.8 cm³/mol. The molecule has 0 bridgehead atoms. The summed E-state index contributed by atoms with van der Waals surface area (Å²) in [6.07, 6.45) is 8.49. The number of unbranched alkanes of at least 4 members (excludes halogenated alkanes) is 3. The van der Waals surface area contributed by atoms with E-state index >= 15 is 0 Å². The predicted octanol–water partition coefficient (Wildman–Crippen LogP) is 5.11. The molecule has 0 spiro atoms. The first-order valence-electron chi connectivity index (χ1n) is 9.08. The Morgan fingerprint density at radius 3 is 2.39 bits per heavy atom. The molecular weight excluding hydrogens is 282 g/mol. The number of imidazole rings is 1. The highest BCUT2D eigenvalue weighted by Gasteiger charge is 2.13. The van der Waals surface area contributed by atoms with Gasteiger partial charge >= 0.3 is 0 Å². The summed E-state index contributed by atoms with van der Waals surface area (Å²) in [7, 11) is 2.15. The van der Waals surface area contributed by atoms with E-state index in [9.17, 15) is 0 Å². The SMILES string of the molecule is CCCCCc1nc(NCc2ccccc2)n(C)c1CCCC. The number of hydrogen-bond donors (Lipinski definition) is 1. The molecule has 2 aromatic rings. The minimum absolute atomic E-state index is 0.827. The van der Waals surface area contributed by atoms with E-state index in [1.807, 2.05) is 0 Å². The maximum atomic E-state index is 4.90. The van der Waals surface area contributed by atoms with E-state index in [1.54, 1.807) is 0 Å². The number of aromatic nitrogens is 2. The Labute approximate surface area is 141 Å². The number of aryl methyl sites for hydroxylation is 1. The monoisotopic (exact) mass is 313 g/mol. The molecule has 0 aliphatic rings. The number of rotatable bonds is 10. The molecule has 0 saturated heterocycles. The Kier molecular flexibility index (Phi) is 7.18. The zero-order valence-corrected chi connectivity index (χ0v) is 14.9.